The minimum atomic E-state index is -5.59. The summed E-state index contributed by atoms with van der Waals surface area (Å²) < 4.78 is 76.2. The second-order valence-electron chi connectivity index (χ2n) is 3.57. The summed E-state index contributed by atoms with van der Waals surface area (Å²) >= 11 is 0. The van der Waals surface area contributed by atoms with Gasteiger partial charge in [-0.2, -0.15) is 26.3 Å². The molecule has 19 heavy (non-hydrogen) atoms. The summed E-state index contributed by atoms with van der Waals surface area (Å²) in [6.07, 6.45) is -15.6. The molecule has 0 rings (SSSR count). The maximum atomic E-state index is 12.1. The summed E-state index contributed by atoms with van der Waals surface area (Å²) in [4.78, 5) is 10.6. The fourth-order valence-electron chi connectivity index (χ4n) is 1.24. The van der Waals surface area contributed by atoms with Crippen LogP contribution in [0.4, 0.5) is 26.3 Å². The molecule has 0 aromatic carbocycles. The number of aliphatic carboxylic acids is 1. The molecule has 0 amide bonds. The monoisotopic (exact) mass is 297 g/mol. The first-order valence-electron chi connectivity index (χ1n) is 5.21. The number of carboxylic acids is 1. The van der Waals surface area contributed by atoms with Crippen molar-refractivity contribution in [1.29, 1.82) is 0 Å². The second kappa shape index (κ2) is 6.94. The third kappa shape index (κ3) is 6.62. The van der Waals surface area contributed by atoms with Gasteiger partial charge in [0.15, 0.2) is 0 Å². The van der Waals surface area contributed by atoms with Crippen LogP contribution in [-0.2, 0) is 9.53 Å². The predicted molar refractivity (Wildman–Crippen MR) is 51.6 cm³/mol. The molecule has 114 valence electrons. The number of ether oxygens (including phenoxy) is 1. The lowest BCUT2D eigenvalue weighted by Gasteiger charge is -2.23. The Kier molecular flexibility index (Phi) is 6.57. The molecule has 0 fully saturated rings. The molecule has 0 radical (unpaired) electrons. The largest absolute Gasteiger partial charge is 0.480 e. The van der Waals surface area contributed by atoms with Crippen LogP contribution in [0.3, 0.4) is 0 Å². The zero-order valence-corrected chi connectivity index (χ0v) is 9.81. The lowest BCUT2D eigenvalue weighted by molar-refractivity contribution is -0.321. The van der Waals surface area contributed by atoms with Crippen molar-refractivity contribution in [3.63, 3.8) is 0 Å². The fourth-order valence-corrected chi connectivity index (χ4v) is 1.24. The average Bonchev–Trinajstić information content (AvgIpc) is 2.18. The van der Waals surface area contributed by atoms with Gasteiger partial charge in [0, 0.05) is 6.61 Å². The summed E-state index contributed by atoms with van der Waals surface area (Å²) in [6.45, 7) is 0.775. The highest BCUT2D eigenvalue weighted by Crippen LogP contribution is 2.35. The fraction of sp³-hybridized carbons (Fsp3) is 0.889. The van der Waals surface area contributed by atoms with Gasteiger partial charge in [0.05, 0.1) is 0 Å². The molecule has 0 heterocycles. The van der Waals surface area contributed by atoms with Crippen molar-refractivity contribution in [1.82, 2.24) is 5.32 Å². The van der Waals surface area contributed by atoms with E-state index in [0.29, 0.717) is 0 Å². The average molecular weight is 297 g/mol. The standard InChI is InChI=1S/C9H13F6NO3/c1-2-16-5(6(17)18)3-4-19-7(8(10,11)12)9(13,14)15/h5,7,16H,2-4H2,1H3,(H,17,18). The lowest BCUT2D eigenvalue weighted by Crippen LogP contribution is -2.45. The molecule has 0 aromatic rings. The summed E-state index contributed by atoms with van der Waals surface area (Å²) in [6, 6.07) is -1.26. The first kappa shape index (κ1) is 18.0. The van der Waals surface area contributed by atoms with Crippen molar-refractivity contribution in [2.75, 3.05) is 13.2 Å². The molecule has 0 saturated carbocycles. The van der Waals surface area contributed by atoms with Gasteiger partial charge in [-0.3, -0.25) is 4.79 Å². The van der Waals surface area contributed by atoms with Crippen LogP contribution in [0.5, 0.6) is 0 Å². The van der Waals surface area contributed by atoms with Gasteiger partial charge in [0.2, 0.25) is 6.10 Å². The molecule has 0 spiro atoms. The van der Waals surface area contributed by atoms with Crippen LogP contribution in [0.25, 0.3) is 0 Å². The van der Waals surface area contributed by atoms with Gasteiger partial charge in [-0.05, 0) is 13.0 Å². The van der Waals surface area contributed by atoms with E-state index in [2.05, 4.69) is 10.1 Å². The molecular formula is C9H13F6NO3. The van der Waals surface area contributed by atoms with Gasteiger partial charge < -0.3 is 15.2 Å². The minimum Gasteiger partial charge on any atom is -0.480 e. The van der Waals surface area contributed by atoms with E-state index in [1.54, 1.807) is 6.92 Å². The summed E-state index contributed by atoms with van der Waals surface area (Å²) in [7, 11) is 0. The van der Waals surface area contributed by atoms with Crippen LogP contribution in [0.15, 0.2) is 0 Å². The van der Waals surface area contributed by atoms with Crippen LogP contribution < -0.4 is 5.32 Å². The second-order valence-corrected chi connectivity index (χ2v) is 3.57. The third-order valence-corrected chi connectivity index (χ3v) is 2.03. The van der Waals surface area contributed by atoms with E-state index in [0.717, 1.165) is 0 Å². The van der Waals surface area contributed by atoms with Gasteiger partial charge in [-0.25, -0.2) is 0 Å². The number of nitrogens with one attached hydrogen (secondary N) is 1. The summed E-state index contributed by atoms with van der Waals surface area (Å²) in [5, 5.41) is 11.0. The van der Waals surface area contributed by atoms with Gasteiger partial charge in [-0.15, -0.1) is 0 Å². The predicted octanol–water partition coefficient (Wildman–Crippen LogP) is 1.95. The van der Waals surface area contributed by atoms with Crippen molar-refractivity contribution < 1.29 is 41.0 Å². The van der Waals surface area contributed by atoms with Crippen molar-refractivity contribution in [3.8, 4) is 0 Å². The van der Waals surface area contributed by atoms with Crippen LogP contribution in [0.1, 0.15) is 13.3 Å². The zero-order valence-electron chi connectivity index (χ0n) is 9.81. The van der Waals surface area contributed by atoms with Gasteiger partial charge in [0.25, 0.3) is 0 Å². The van der Waals surface area contributed by atoms with Gasteiger partial charge in [-0.1, -0.05) is 6.92 Å². The molecule has 4 nitrogen and oxygen atoms in total. The number of hydrogen-bond acceptors (Lipinski definition) is 3. The molecule has 0 aliphatic carbocycles. The van der Waals surface area contributed by atoms with E-state index in [9.17, 15) is 31.1 Å². The molecular weight excluding hydrogens is 284 g/mol. The Morgan fingerprint density at radius 1 is 1.21 bits per heavy atom. The van der Waals surface area contributed by atoms with Crippen LogP contribution in [0.2, 0.25) is 0 Å². The highest BCUT2D eigenvalue weighted by Gasteiger charge is 2.57. The zero-order chi connectivity index (χ0) is 15.3. The van der Waals surface area contributed by atoms with Crippen LogP contribution >= 0.6 is 0 Å². The number of carbonyl (C=O) groups is 1. The maximum absolute atomic E-state index is 12.1. The number of carboxylic acid groups (broad SMARTS) is 1. The highest BCUT2D eigenvalue weighted by atomic mass is 19.4. The Morgan fingerprint density at radius 3 is 2.00 bits per heavy atom. The van der Waals surface area contributed by atoms with Gasteiger partial charge in [0.1, 0.15) is 6.04 Å². The molecule has 0 bridgehead atoms. The molecule has 0 aliphatic heterocycles. The number of halogens is 6. The summed E-state index contributed by atoms with van der Waals surface area (Å²) in [5.41, 5.74) is 0. The first-order chi connectivity index (χ1) is 8.50. The SMILES string of the molecule is CCNC(CCOC(C(F)(F)F)C(F)(F)F)C(=O)O. The quantitative estimate of drug-likeness (QED) is 0.705. The minimum absolute atomic E-state index is 0.207. The topological polar surface area (TPSA) is 58.6 Å². The highest BCUT2D eigenvalue weighted by molar-refractivity contribution is 5.73. The first-order valence-corrected chi connectivity index (χ1v) is 5.21. The lowest BCUT2D eigenvalue weighted by atomic mass is 10.2. The number of rotatable bonds is 7. The number of likely N-dealkylation sites (N-methyl/N-ethyl adjacent to an activating group) is 1. The van der Waals surface area contributed by atoms with E-state index < -0.39 is 43.5 Å². The van der Waals surface area contributed by atoms with E-state index >= 15 is 0 Å². The number of hydrogen-bond donors (Lipinski definition) is 2. The van der Waals surface area contributed by atoms with Crippen molar-refractivity contribution >= 4 is 5.97 Å². The Hall–Kier alpha value is -1.03. The molecule has 10 heteroatoms. The Labute approximate surface area is 104 Å². The van der Waals surface area contributed by atoms with E-state index in [4.69, 9.17) is 5.11 Å². The smallest absolute Gasteiger partial charge is 0.423 e. The van der Waals surface area contributed by atoms with E-state index in [-0.39, 0.29) is 6.54 Å². The van der Waals surface area contributed by atoms with E-state index in [1.807, 2.05) is 0 Å². The normalized spacial score (nSPS) is 14.7. The molecule has 0 aromatic heterocycles. The molecule has 2 N–H and O–H groups in total. The molecule has 0 saturated heterocycles. The van der Waals surface area contributed by atoms with Crippen LogP contribution in [0, 0.1) is 0 Å². The summed E-state index contributed by atoms with van der Waals surface area (Å²) in [5.74, 6) is -1.37. The Morgan fingerprint density at radius 2 is 1.68 bits per heavy atom. The maximum Gasteiger partial charge on any atom is 0.423 e. The Balaban J connectivity index is 4.46. The number of alkyl halides is 6. The Bertz CT molecular complexity index is 277. The van der Waals surface area contributed by atoms with Crippen molar-refractivity contribution in [2.45, 2.75) is 37.8 Å². The third-order valence-electron chi connectivity index (χ3n) is 2.03. The van der Waals surface area contributed by atoms with Crippen LogP contribution in [-0.4, -0.2) is 48.7 Å². The van der Waals surface area contributed by atoms with E-state index in [1.165, 1.54) is 0 Å². The van der Waals surface area contributed by atoms with Crippen molar-refractivity contribution in [3.05, 3.63) is 0 Å². The van der Waals surface area contributed by atoms with Crippen molar-refractivity contribution in [2.24, 2.45) is 0 Å². The molecule has 0 aliphatic rings. The van der Waals surface area contributed by atoms with Gasteiger partial charge >= 0.3 is 18.3 Å². The molecule has 1 unspecified atom stereocenters. The molecule has 1 atom stereocenters.